The van der Waals surface area contributed by atoms with Crippen molar-refractivity contribution in [1.29, 1.82) is 10.5 Å². The van der Waals surface area contributed by atoms with Crippen molar-refractivity contribution in [1.82, 2.24) is 5.32 Å². The summed E-state index contributed by atoms with van der Waals surface area (Å²) < 4.78 is 0. The molecule has 0 atom stereocenters. The van der Waals surface area contributed by atoms with E-state index >= 15 is 0 Å². The minimum absolute atomic E-state index is 0.185. The Morgan fingerprint density at radius 3 is 1.86 bits per heavy atom. The summed E-state index contributed by atoms with van der Waals surface area (Å²) in [6.07, 6.45) is -1.62. The molecule has 3 rings (SSSR count). The molecule has 0 radical (unpaired) electrons. The summed E-state index contributed by atoms with van der Waals surface area (Å²) in [7, 11) is 0. The van der Waals surface area contributed by atoms with Crippen LogP contribution >= 0.6 is 34.8 Å². The van der Waals surface area contributed by atoms with Crippen LogP contribution in [0.5, 0.6) is 0 Å². The highest BCUT2D eigenvalue weighted by Crippen LogP contribution is 2.43. The van der Waals surface area contributed by atoms with Crippen LogP contribution in [-0.4, -0.2) is 22.8 Å². The molecule has 3 N–H and O–H groups in total. The lowest BCUT2D eigenvalue weighted by atomic mass is 9.70. The first-order valence-electron chi connectivity index (χ1n) is 9.72. The van der Waals surface area contributed by atoms with Crippen molar-refractivity contribution < 1.29 is 14.7 Å². The lowest BCUT2D eigenvalue weighted by molar-refractivity contribution is -0.114. The summed E-state index contributed by atoms with van der Waals surface area (Å²) in [5.74, 6) is -1.19. The van der Waals surface area contributed by atoms with Gasteiger partial charge in [-0.15, -0.1) is 0 Å². The third-order valence-electron chi connectivity index (χ3n) is 4.93. The Balaban J connectivity index is 2.08. The number of anilines is 1. The lowest BCUT2D eigenvalue weighted by Crippen LogP contribution is -2.34. The molecular weight excluding hydrogens is 513 g/mol. The van der Waals surface area contributed by atoms with Crippen LogP contribution in [-0.2, 0) is 10.2 Å². The topological polar surface area (TPSA) is 138 Å². The van der Waals surface area contributed by atoms with E-state index in [0.29, 0.717) is 26.7 Å². The van der Waals surface area contributed by atoms with Crippen molar-refractivity contribution in [2.75, 3.05) is 5.43 Å². The number of amides is 2. The summed E-state index contributed by atoms with van der Waals surface area (Å²) >= 11 is 18.7. The van der Waals surface area contributed by atoms with Gasteiger partial charge < -0.3 is 5.11 Å². The normalized spacial score (nSPS) is 11.2. The Morgan fingerprint density at radius 2 is 1.43 bits per heavy atom. The van der Waals surface area contributed by atoms with Crippen LogP contribution in [0.1, 0.15) is 16.7 Å². The molecule has 2 amide bonds. The van der Waals surface area contributed by atoms with Gasteiger partial charge in [0, 0.05) is 15.1 Å². The van der Waals surface area contributed by atoms with E-state index < -0.39 is 23.1 Å². The highest BCUT2D eigenvalue weighted by atomic mass is 35.5. The van der Waals surface area contributed by atoms with Gasteiger partial charge in [-0.3, -0.25) is 15.5 Å². The standard InChI is InChI=1S/C24H14Cl3N5O3/c25-16-5-1-14(2-6-16)24(13-29,15-3-7-17(26)8-4-15)19-10-9-18(11-20(19)27)31-32-21(12-28)22(33)30-23(34)35/h1-11,31H,(H,30,33)(H,34,35). The predicted molar refractivity (Wildman–Crippen MR) is 133 cm³/mol. The largest absolute Gasteiger partial charge is 0.465 e. The van der Waals surface area contributed by atoms with Crippen molar-refractivity contribution in [3.05, 3.63) is 98.5 Å². The van der Waals surface area contributed by atoms with Crippen molar-refractivity contribution in [2.45, 2.75) is 5.41 Å². The third-order valence-corrected chi connectivity index (χ3v) is 5.75. The van der Waals surface area contributed by atoms with Gasteiger partial charge in [0.2, 0.25) is 5.71 Å². The smallest absolute Gasteiger partial charge is 0.411 e. The van der Waals surface area contributed by atoms with E-state index in [0.717, 1.165) is 0 Å². The number of hydrogen-bond donors (Lipinski definition) is 3. The highest BCUT2D eigenvalue weighted by molar-refractivity contribution is 6.46. The number of halogens is 3. The van der Waals surface area contributed by atoms with E-state index in [1.165, 1.54) is 17.5 Å². The number of carbonyl (C=O) groups excluding carboxylic acids is 1. The van der Waals surface area contributed by atoms with Crippen LogP contribution in [0.4, 0.5) is 10.5 Å². The number of benzene rings is 3. The molecule has 35 heavy (non-hydrogen) atoms. The van der Waals surface area contributed by atoms with Crippen molar-refractivity contribution in [3.63, 3.8) is 0 Å². The van der Waals surface area contributed by atoms with Gasteiger partial charge in [-0.1, -0.05) is 65.1 Å². The fourth-order valence-electron chi connectivity index (χ4n) is 3.36. The number of hydrogen-bond acceptors (Lipinski definition) is 6. The molecular formula is C24H14Cl3N5O3. The molecule has 0 aromatic heterocycles. The molecule has 0 bridgehead atoms. The first kappa shape index (κ1) is 25.5. The zero-order valence-electron chi connectivity index (χ0n) is 17.6. The van der Waals surface area contributed by atoms with Gasteiger partial charge in [-0.05, 0) is 53.1 Å². The number of nitrogens with one attached hydrogen (secondary N) is 2. The maximum absolute atomic E-state index is 11.7. The van der Waals surface area contributed by atoms with Crippen molar-refractivity contribution in [2.24, 2.45) is 5.10 Å². The van der Waals surface area contributed by atoms with Crippen LogP contribution in [0.2, 0.25) is 15.1 Å². The highest BCUT2D eigenvalue weighted by Gasteiger charge is 2.38. The zero-order valence-corrected chi connectivity index (χ0v) is 19.9. The second-order valence-electron chi connectivity index (χ2n) is 7.01. The van der Waals surface area contributed by atoms with Gasteiger partial charge in [-0.25, -0.2) is 4.79 Å². The fourth-order valence-corrected chi connectivity index (χ4v) is 3.93. The molecule has 0 saturated carbocycles. The second kappa shape index (κ2) is 10.9. The van der Waals surface area contributed by atoms with Gasteiger partial charge in [0.05, 0.1) is 11.8 Å². The van der Waals surface area contributed by atoms with Gasteiger partial charge in [0.1, 0.15) is 11.5 Å². The maximum atomic E-state index is 11.7. The van der Waals surface area contributed by atoms with E-state index in [2.05, 4.69) is 16.6 Å². The predicted octanol–water partition coefficient (Wildman–Crippen LogP) is 5.59. The average molecular weight is 527 g/mol. The van der Waals surface area contributed by atoms with E-state index in [-0.39, 0.29) is 10.7 Å². The third kappa shape index (κ3) is 5.53. The Labute approximate surface area is 215 Å². The summed E-state index contributed by atoms with van der Waals surface area (Å²) in [5, 5.41) is 34.5. The molecule has 0 aliphatic carbocycles. The number of nitrogens with zero attached hydrogens (tertiary/aromatic N) is 3. The number of carbonyl (C=O) groups is 2. The van der Waals surface area contributed by atoms with Gasteiger partial charge >= 0.3 is 6.09 Å². The van der Waals surface area contributed by atoms with E-state index in [4.69, 9.17) is 45.2 Å². The summed E-state index contributed by atoms with van der Waals surface area (Å²) in [4.78, 5) is 22.3. The number of rotatable bonds is 6. The SMILES string of the molecule is N#CC(=NNc1ccc(C(C#N)(c2ccc(Cl)cc2)c2ccc(Cl)cc2)c(Cl)c1)C(=O)NC(=O)O. The van der Waals surface area contributed by atoms with Crippen molar-refractivity contribution >= 4 is 58.2 Å². The van der Waals surface area contributed by atoms with Gasteiger partial charge in [0.15, 0.2) is 0 Å². The first-order valence-corrected chi connectivity index (χ1v) is 10.9. The number of hydrazone groups is 1. The molecule has 0 heterocycles. The Hall–Kier alpha value is -4.08. The van der Waals surface area contributed by atoms with Gasteiger partial charge in [0.25, 0.3) is 5.91 Å². The molecule has 0 unspecified atom stereocenters. The lowest BCUT2D eigenvalue weighted by Gasteiger charge is -2.30. The molecule has 0 saturated heterocycles. The van der Waals surface area contributed by atoms with E-state index in [1.807, 2.05) is 0 Å². The molecule has 174 valence electrons. The molecule has 8 nitrogen and oxygen atoms in total. The average Bonchev–Trinajstić information content (AvgIpc) is 2.82. The summed E-state index contributed by atoms with van der Waals surface area (Å²) in [6, 6.07) is 22.1. The monoisotopic (exact) mass is 525 g/mol. The van der Waals surface area contributed by atoms with Crippen LogP contribution in [0, 0.1) is 22.7 Å². The minimum atomic E-state index is -1.62. The van der Waals surface area contributed by atoms with Crippen LogP contribution < -0.4 is 10.7 Å². The molecule has 0 fully saturated rings. The Kier molecular flexibility index (Phi) is 7.95. The Morgan fingerprint density at radius 1 is 0.886 bits per heavy atom. The summed E-state index contributed by atoms with van der Waals surface area (Å²) in [6.45, 7) is 0. The number of carboxylic acid groups (broad SMARTS) is 1. The first-order chi connectivity index (χ1) is 16.7. The zero-order chi connectivity index (χ0) is 25.6. The maximum Gasteiger partial charge on any atom is 0.411 e. The van der Waals surface area contributed by atoms with Crippen molar-refractivity contribution in [3.8, 4) is 12.1 Å². The van der Waals surface area contributed by atoms with E-state index in [9.17, 15) is 14.9 Å². The fraction of sp³-hybridized carbons (Fsp3) is 0.0417. The number of nitriles is 2. The second-order valence-corrected chi connectivity index (χ2v) is 8.29. The minimum Gasteiger partial charge on any atom is -0.465 e. The molecule has 0 aliphatic heterocycles. The van der Waals surface area contributed by atoms with Crippen LogP contribution in [0.25, 0.3) is 0 Å². The summed E-state index contributed by atoms with van der Waals surface area (Å²) in [5.41, 5.74) is 2.42. The molecule has 0 spiro atoms. The van der Waals surface area contributed by atoms with E-state index in [1.54, 1.807) is 60.7 Å². The molecule has 11 heteroatoms. The van der Waals surface area contributed by atoms with Crippen LogP contribution in [0.3, 0.4) is 0 Å². The number of imide groups is 1. The molecule has 3 aromatic carbocycles. The Bertz CT molecular complexity index is 1350. The van der Waals surface area contributed by atoms with Crippen LogP contribution in [0.15, 0.2) is 71.8 Å². The quantitative estimate of drug-likeness (QED) is 0.217. The molecule has 0 aliphatic rings. The van der Waals surface area contributed by atoms with Gasteiger partial charge in [-0.2, -0.15) is 15.6 Å². The molecule has 3 aromatic rings.